The van der Waals surface area contributed by atoms with Crippen molar-refractivity contribution in [3.63, 3.8) is 0 Å². The molecular formula is C24H27Cl2N5O4. The molecule has 0 unspecified atom stereocenters. The molecule has 1 aromatic rings. The molecule has 186 valence electrons. The van der Waals surface area contributed by atoms with Gasteiger partial charge in [0.05, 0.1) is 29.8 Å². The summed E-state index contributed by atoms with van der Waals surface area (Å²) in [4.78, 5) is 30.7. The van der Waals surface area contributed by atoms with Crippen LogP contribution in [0.1, 0.15) is 12.5 Å². The maximum absolute atomic E-state index is 13.6. The molecule has 2 amide bonds. The molecule has 0 aromatic heterocycles. The monoisotopic (exact) mass is 519 g/mol. The number of hydrogen-bond donors (Lipinski definition) is 2. The van der Waals surface area contributed by atoms with Gasteiger partial charge in [0.15, 0.2) is 0 Å². The van der Waals surface area contributed by atoms with E-state index in [9.17, 15) is 9.59 Å². The zero-order valence-corrected chi connectivity index (χ0v) is 21.3. The van der Waals surface area contributed by atoms with Gasteiger partial charge in [-0.2, -0.15) is 0 Å². The first-order chi connectivity index (χ1) is 16.8. The third-order valence-corrected chi connectivity index (χ3v) is 6.62. The maximum Gasteiger partial charge on any atom is 0.298 e. The minimum Gasteiger partial charge on any atom is -0.495 e. The summed E-state index contributed by atoms with van der Waals surface area (Å²) in [5.41, 5.74) is 6.55. The highest BCUT2D eigenvalue weighted by Crippen LogP contribution is 2.45. The Morgan fingerprint density at radius 3 is 2.26 bits per heavy atom. The molecule has 2 aliphatic heterocycles. The van der Waals surface area contributed by atoms with Crippen LogP contribution in [0.2, 0.25) is 10.0 Å². The summed E-state index contributed by atoms with van der Waals surface area (Å²) in [6.07, 6.45) is 2.76. The van der Waals surface area contributed by atoms with Crippen molar-refractivity contribution in [3.8, 4) is 23.3 Å². The predicted octanol–water partition coefficient (Wildman–Crippen LogP) is 2.22. The molecule has 0 radical (unpaired) electrons. The van der Waals surface area contributed by atoms with E-state index in [1.807, 2.05) is 0 Å². The summed E-state index contributed by atoms with van der Waals surface area (Å²) < 4.78 is 10.7. The summed E-state index contributed by atoms with van der Waals surface area (Å²) in [7, 11) is 2.90. The Labute approximate surface area is 214 Å². The molecule has 0 saturated carbocycles. The van der Waals surface area contributed by atoms with Crippen LogP contribution >= 0.6 is 23.2 Å². The minimum absolute atomic E-state index is 0.0182. The molecule has 2 heterocycles. The Hall–Kier alpha value is -3.19. The second kappa shape index (κ2) is 11.5. The number of benzene rings is 1. The van der Waals surface area contributed by atoms with E-state index in [1.54, 1.807) is 11.8 Å². The van der Waals surface area contributed by atoms with Crippen LogP contribution in [0.3, 0.4) is 0 Å². The molecule has 11 heteroatoms. The summed E-state index contributed by atoms with van der Waals surface area (Å²) in [5, 5.41) is 8.82. The summed E-state index contributed by atoms with van der Waals surface area (Å²) >= 11 is 13.1. The lowest BCUT2D eigenvalue weighted by Crippen LogP contribution is -2.51. The minimum atomic E-state index is -0.438. The number of carbonyl (C=O) groups is 2. The Kier molecular flexibility index (Phi) is 8.67. The first-order valence-electron chi connectivity index (χ1n) is 10.9. The summed E-state index contributed by atoms with van der Waals surface area (Å²) in [6.45, 7) is 4.75. The van der Waals surface area contributed by atoms with Crippen LogP contribution in [0.15, 0.2) is 23.9 Å². The number of rotatable bonds is 6. The fourth-order valence-corrected chi connectivity index (χ4v) is 4.64. The smallest absolute Gasteiger partial charge is 0.298 e. The number of nitrogens with zero attached hydrogens (tertiary/aromatic N) is 3. The molecule has 1 aromatic carbocycles. The van der Waals surface area contributed by atoms with Gasteiger partial charge in [0.1, 0.15) is 17.3 Å². The van der Waals surface area contributed by atoms with Gasteiger partial charge in [-0.15, -0.1) is 0 Å². The van der Waals surface area contributed by atoms with Gasteiger partial charge in [0.2, 0.25) is 0 Å². The van der Waals surface area contributed by atoms with E-state index in [-0.39, 0.29) is 39.5 Å². The van der Waals surface area contributed by atoms with E-state index in [0.717, 1.165) is 0 Å². The van der Waals surface area contributed by atoms with Gasteiger partial charge in [-0.05, 0) is 18.9 Å². The first-order valence-corrected chi connectivity index (χ1v) is 11.6. The van der Waals surface area contributed by atoms with Crippen molar-refractivity contribution in [1.29, 1.82) is 5.41 Å². The molecule has 3 rings (SSSR count). The molecule has 1 fully saturated rings. The van der Waals surface area contributed by atoms with Crippen LogP contribution in [-0.2, 0) is 9.59 Å². The molecule has 0 atom stereocenters. The molecule has 1 saturated heterocycles. The normalized spacial score (nSPS) is 17.7. The van der Waals surface area contributed by atoms with Crippen molar-refractivity contribution in [3.05, 3.63) is 39.5 Å². The van der Waals surface area contributed by atoms with E-state index in [2.05, 4.69) is 16.7 Å². The molecule has 2 aliphatic rings. The zero-order valence-electron chi connectivity index (χ0n) is 19.8. The molecule has 3 N–H and O–H groups in total. The number of halogens is 2. The van der Waals surface area contributed by atoms with Crippen molar-refractivity contribution in [2.45, 2.75) is 6.92 Å². The Morgan fingerprint density at radius 1 is 1.14 bits per heavy atom. The number of piperazine rings is 1. The predicted molar refractivity (Wildman–Crippen MR) is 136 cm³/mol. The fraction of sp³-hybridized carbons (Fsp3) is 0.375. The molecular weight excluding hydrogens is 493 g/mol. The number of methoxy groups -OCH3 is 2. The van der Waals surface area contributed by atoms with Crippen molar-refractivity contribution in [1.82, 2.24) is 14.7 Å². The van der Waals surface area contributed by atoms with E-state index >= 15 is 0 Å². The van der Waals surface area contributed by atoms with E-state index in [4.69, 9.17) is 43.8 Å². The third kappa shape index (κ3) is 5.40. The highest BCUT2D eigenvalue weighted by molar-refractivity contribution is 6.43. The van der Waals surface area contributed by atoms with E-state index in [1.165, 1.54) is 37.5 Å². The lowest BCUT2D eigenvalue weighted by molar-refractivity contribution is -0.126. The van der Waals surface area contributed by atoms with Crippen LogP contribution in [-0.4, -0.2) is 85.8 Å². The quantitative estimate of drug-likeness (QED) is 0.557. The van der Waals surface area contributed by atoms with Gasteiger partial charge < -0.3 is 20.1 Å². The van der Waals surface area contributed by atoms with Crippen LogP contribution in [0.4, 0.5) is 0 Å². The zero-order chi connectivity index (χ0) is 25.7. The van der Waals surface area contributed by atoms with Crippen molar-refractivity contribution >= 4 is 46.4 Å². The number of hydrogen-bond acceptors (Lipinski definition) is 7. The highest BCUT2D eigenvalue weighted by atomic mass is 35.5. The lowest BCUT2D eigenvalue weighted by atomic mass is 9.96. The number of nitrogens with two attached hydrogens (primary N) is 1. The van der Waals surface area contributed by atoms with Gasteiger partial charge >= 0.3 is 0 Å². The van der Waals surface area contributed by atoms with Crippen LogP contribution < -0.4 is 15.2 Å². The maximum atomic E-state index is 13.6. The average molecular weight is 520 g/mol. The van der Waals surface area contributed by atoms with Gasteiger partial charge in [0.25, 0.3) is 11.8 Å². The number of ether oxygens (including phenoxy) is 2. The van der Waals surface area contributed by atoms with Crippen molar-refractivity contribution in [2.24, 2.45) is 5.73 Å². The van der Waals surface area contributed by atoms with Gasteiger partial charge in [-0.1, -0.05) is 29.1 Å². The van der Waals surface area contributed by atoms with Crippen LogP contribution in [0.5, 0.6) is 11.5 Å². The lowest BCUT2D eigenvalue weighted by Gasteiger charge is -2.36. The largest absolute Gasteiger partial charge is 0.495 e. The number of amides is 2. The topological polar surface area (TPSA) is 112 Å². The summed E-state index contributed by atoms with van der Waals surface area (Å²) in [6, 6.07) is 1.54. The Bertz CT molecular complexity index is 1130. The molecule has 0 bridgehead atoms. The van der Waals surface area contributed by atoms with E-state index < -0.39 is 5.91 Å². The Balaban J connectivity index is 1.84. The van der Waals surface area contributed by atoms with Crippen molar-refractivity contribution < 1.29 is 19.1 Å². The standard InChI is InChI=1S/C24H27Cl2N5O4/c1-4-5-19(32)30-9-6-29(7-10-30)8-11-31-23(28)15(14-27)12-16(24(31)33)20-21(25)17(34-2)13-18(35-3)22(20)26/h12-14,28H,6-11,27H2,1-3H3/b15-14-,28-23?. The summed E-state index contributed by atoms with van der Waals surface area (Å²) in [5.74, 6) is 5.13. The van der Waals surface area contributed by atoms with Crippen LogP contribution in [0, 0.1) is 17.3 Å². The fourth-order valence-electron chi connectivity index (χ4n) is 3.93. The first kappa shape index (κ1) is 26.4. The molecule has 35 heavy (non-hydrogen) atoms. The van der Waals surface area contributed by atoms with E-state index in [0.29, 0.717) is 49.8 Å². The number of carbonyl (C=O) groups excluding carboxylic acids is 2. The number of amidine groups is 1. The van der Waals surface area contributed by atoms with Gasteiger partial charge in [-0.3, -0.25) is 24.8 Å². The third-order valence-electron chi connectivity index (χ3n) is 5.87. The van der Waals surface area contributed by atoms with Crippen molar-refractivity contribution in [2.75, 3.05) is 53.5 Å². The highest BCUT2D eigenvalue weighted by Gasteiger charge is 2.34. The second-order valence-electron chi connectivity index (χ2n) is 7.78. The average Bonchev–Trinajstić information content (AvgIpc) is 2.86. The van der Waals surface area contributed by atoms with Crippen LogP contribution in [0.25, 0.3) is 5.57 Å². The molecule has 0 spiro atoms. The SMILES string of the molecule is CC#CC(=O)N1CCN(CCN2C(=N)/C(=C\N)C=C(c3c(Cl)c(OC)cc(OC)c3Cl)C2=O)CC1. The van der Waals surface area contributed by atoms with Gasteiger partial charge in [0, 0.05) is 62.7 Å². The second-order valence-corrected chi connectivity index (χ2v) is 8.53. The number of nitrogens with one attached hydrogen (secondary N) is 1. The molecule has 9 nitrogen and oxygen atoms in total. The molecule has 0 aliphatic carbocycles. The Morgan fingerprint density at radius 2 is 1.74 bits per heavy atom. The van der Waals surface area contributed by atoms with Gasteiger partial charge in [-0.25, -0.2) is 0 Å².